The van der Waals surface area contributed by atoms with Crippen LogP contribution in [0.1, 0.15) is 24.5 Å². The first-order valence-corrected chi connectivity index (χ1v) is 8.87. The van der Waals surface area contributed by atoms with E-state index in [4.69, 9.17) is 5.10 Å². The van der Waals surface area contributed by atoms with Crippen LogP contribution in [0.2, 0.25) is 0 Å². The number of aromatic nitrogens is 2. The van der Waals surface area contributed by atoms with Crippen molar-refractivity contribution in [2.24, 2.45) is 0 Å². The maximum Gasteiger partial charge on any atom is 0.123 e. The van der Waals surface area contributed by atoms with Gasteiger partial charge in [-0.25, -0.2) is 8.91 Å². The molecule has 4 heteroatoms. The summed E-state index contributed by atoms with van der Waals surface area (Å²) in [5.41, 5.74) is 4.20. The van der Waals surface area contributed by atoms with Crippen LogP contribution in [0.25, 0.3) is 27.5 Å². The number of fused-ring (bicyclic) bond motifs is 3. The second-order valence-electron chi connectivity index (χ2n) is 6.36. The molecule has 1 fully saturated rings. The number of benzene rings is 2. The highest BCUT2D eigenvalue weighted by Crippen LogP contribution is 2.42. The summed E-state index contributed by atoms with van der Waals surface area (Å²) in [6.45, 7) is 0. The molecule has 4 aromatic rings. The third-order valence-corrected chi connectivity index (χ3v) is 5.49. The molecule has 2 aromatic carbocycles. The van der Waals surface area contributed by atoms with Crippen molar-refractivity contribution < 1.29 is 4.39 Å². The van der Waals surface area contributed by atoms with Gasteiger partial charge in [0.15, 0.2) is 0 Å². The monoisotopic (exact) mass is 380 g/mol. The quantitative estimate of drug-likeness (QED) is 0.421. The Hall–Kier alpha value is -2.20. The predicted molar refractivity (Wildman–Crippen MR) is 97.8 cm³/mol. The van der Waals surface area contributed by atoms with Crippen LogP contribution in [-0.4, -0.2) is 9.61 Å². The third-order valence-electron chi connectivity index (χ3n) is 4.68. The lowest BCUT2D eigenvalue weighted by molar-refractivity contribution is 0.629. The van der Waals surface area contributed by atoms with Crippen LogP contribution in [0.5, 0.6) is 0 Å². The van der Waals surface area contributed by atoms with E-state index in [2.05, 4.69) is 34.1 Å². The summed E-state index contributed by atoms with van der Waals surface area (Å²) >= 11 is 3.71. The largest absolute Gasteiger partial charge is 0.231 e. The zero-order chi connectivity index (χ0) is 16.3. The molecule has 1 aliphatic rings. The average molecular weight is 381 g/mol. The van der Waals surface area contributed by atoms with Crippen molar-refractivity contribution in [3.63, 3.8) is 0 Å². The van der Waals surface area contributed by atoms with Gasteiger partial charge in [0.05, 0.1) is 21.4 Å². The van der Waals surface area contributed by atoms with Crippen molar-refractivity contribution in [1.82, 2.24) is 9.61 Å². The zero-order valence-corrected chi connectivity index (χ0v) is 14.4. The Morgan fingerprint density at radius 2 is 1.79 bits per heavy atom. The molecule has 2 aromatic heterocycles. The van der Waals surface area contributed by atoms with Gasteiger partial charge in [0, 0.05) is 22.3 Å². The van der Waals surface area contributed by atoms with Crippen LogP contribution < -0.4 is 0 Å². The fourth-order valence-corrected chi connectivity index (χ4v) is 4.05. The lowest BCUT2D eigenvalue weighted by atomic mass is 10.1. The number of nitrogens with zero attached hydrogens (tertiary/aromatic N) is 2. The zero-order valence-electron chi connectivity index (χ0n) is 12.8. The minimum atomic E-state index is -0.228. The molecule has 24 heavy (non-hydrogen) atoms. The van der Waals surface area contributed by atoms with Gasteiger partial charge in [-0.2, -0.15) is 5.10 Å². The van der Waals surface area contributed by atoms with Crippen LogP contribution in [0, 0.1) is 5.82 Å². The van der Waals surface area contributed by atoms with E-state index in [1.54, 1.807) is 6.07 Å². The molecule has 5 rings (SSSR count). The molecule has 2 nitrogen and oxygen atoms in total. The number of pyridine rings is 1. The van der Waals surface area contributed by atoms with Gasteiger partial charge in [-0.15, -0.1) is 0 Å². The molecule has 0 amide bonds. The lowest BCUT2D eigenvalue weighted by Crippen LogP contribution is -1.98. The first-order valence-electron chi connectivity index (χ1n) is 8.08. The van der Waals surface area contributed by atoms with Crippen molar-refractivity contribution in [2.45, 2.75) is 18.8 Å². The molecule has 0 radical (unpaired) electrons. The SMILES string of the molecule is Fc1ccc2c(c1)c(Br)c(-c1ccccc1)n1nc(C3CC3)cc21. The topological polar surface area (TPSA) is 17.3 Å². The fourth-order valence-electron chi connectivity index (χ4n) is 3.33. The highest BCUT2D eigenvalue weighted by molar-refractivity contribution is 9.10. The fraction of sp³-hybridized carbons (Fsp3) is 0.150. The van der Waals surface area contributed by atoms with E-state index >= 15 is 0 Å². The van der Waals surface area contributed by atoms with Gasteiger partial charge in [-0.1, -0.05) is 30.3 Å². The van der Waals surface area contributed by atoms with Gasteiger partial charge < -0.3 is 0 Å². The second kappa shape index (κ2) is 5.15. The van der Waals surface area contributed by atoms with E-state index in [0.29, 0.717) is 5.92 Å². The van der Waals surface area contributed by atoms with Crippen LogP contribution >= 0.6 is 15.9 Å². The summed E-state index contributed by atoms with van der Waals surface area (Å²) in [5.74, 6) is 0.344. The van der Waals surface area contributed by atoms with Gasteiger partial charge >= 0.3 is 0 Å². The third kappa shape index (κ3) is 2.09. The molecular weight excluding hydrogens is 367 g/mol. The molecule has 0 unspecified atom stereocenters. The number of hydrogen-bond acceptors (Lipinski definition) is 1. The van der Waals surface area contributed by atoms with Crippen LogP contribution in [0.3, 0.4) is 0 Å². The molecule has 118 valence electrons. The summed E-state index contributed by atoms with van der Waals surface area (Å²) in [6, 6.07) is 17.2. The number of hydrogen-bond donors (Lipinski definition) is 0. The van der Waals surface area contributed by atoms with Gasteiger partial charge in [0.25, 0.3) is 0 Å². The van der Waals surface area contributed by atoms with Crippen molar-refractivity contribution in [1.29, 1.82) is 0 Å². The minimum Gasteiger partial charge on any atom is -0.231 e. The second-order valence-corrected chi connectivity index (χ2v) is 7.15. The van der Waals surface area contributed by atoms with Gasteiger partial charge in [0.2, 0.25) is 0 Å². The van der Waals surface area contributed by atoms with E-state index in [-0.39, 0.29) is 5.82 Å². The Balaban J connectivity index is 1.95. The lowest BCUT2D eigenvalue weighted by Gasteiger charge is -2.12. The summed E-state index contributed by atoms with van der Waals surface area (Å²) in [7, 11) is 0. The summed E-state index contributed by atoms with van der Waals surface area (Å²) in [5, 5.41) is 6.77. The number of halogens is 2. The van der Waals surface area contributed by atoms with Crippen LogP contribution in [-0.2, 0) is 0 Å². The van der Waals surface area contributed by atoms with Gasteiger partial charge in [-0.05, 0) is 53.0 Å². The maximum atomic E-state index is 13.9. The van der Waals surface area contributed by atoms with E-state index < -0.39 is 0 Å². The van der Waals surface area contributed by atoms with Crippen molar-refractivity contribution in [2.75, 3.05) is 0 Å². The van der Waals surface area contributed by atoms with Crippen molar-refractivity contribution in [3.05, 3.63) is 70.6 Å². The summed E-state index contributed by atoms with van der Waals surface area (Å²) in [6.07, 6.45) is 2.41. The highest BCUT2D eigenvalue weighted by atomic mass is 79.9. The first-order chi connectivity index (χ1) is 11.7. The van der Waals surface area contributed by atoms with E-state index in [9.17, 15) is 4.39 Å². The Morgan fingerprint density at radius 1 is 1.00 bits per heavy atom. The Kier molecular flexibility index (Phi) is 3.04. The molecule has 0 aliphatic heterocycles. The molecular formula is C20H14BrFN2. The summed E-state index contributed by atoms with van der Waals surface area (Å²) in [4.78, 5) is 0. The average Bonchev–Trinajstić information content (AvgIpc) is 3.36. The molecule has 2 heterocycles. The molecule has 0 spiro atoms. The molecule has 0 bridgehead atoms. The Morgan fingerprint density at radius 3 is 2.54 bits per heavy atom. The van der Waals surface area contributed by atoms with Crippen LogP contribution in [0.4, 0.5) is 4.39 Å². The summed E-state index contributed by atoms with van der Waals surface area (Å²) < 4.78 is 16.7. The molecule has 0 saturated heterocycles. The van der Waals surface area contributed by atoms with E-state index in [1.807, 2.05) is 28.8 Å². The smallest absolute Gasteiger partial charge is 0.123 e. The highest BCUT2D eigenvalue weighted by Gasteiger charge is 2.27. The number of rotatable bonds is 2. The molecule has 1 aliphatic carbocycles. The Bertz CT molecular complexity index is 1080. The molecule has 1 saturated carbocycles. The van der Waals surface area contributed by atoms with Crippen molar-refractivity contribution >= 4 is 32.2 Å². The van der Waals surface area contributed by atoms with Crippen LogP contribution in [0.15, 0.2) is 59.1 Å². The standard InChI is InChI=1S/C20H14BrFN2/c21-19-16-10-14(22)8-9-15(16)18-11-17(12-6-7-12)23-24(18)20(19)13-4-2-1-3-5-13/h1-5,8-12H,6-7H2. The molecule has 0 N–H and O–H groups in total. The first kappa shape index (κ1) is 14.2. The Labute approximate surface area is 147 Å². The van der Waals surface area contributed by atoms with E-state index in [0.717, 1.165) is 37.7 Å². The normalized spacial score (nSPS) is 14.6. The van der Waals surface area contributed by atoms with Gasteiger partial charge in [0.1, 0.15) is 5.82 Å². The van der Waals surface area contributed by atoms with Gasteiger partial charge in [-0.3, -0.25) is 0 Å². The predicted octanol–water partition coefficient (Wildman–Crippen LogP) is 5.93. The maximum absolute atomic E-state index is 13.9. The van der Waals surface area contributed by atoms with E-state index in [1.165, 1.54) is 18.9 Å². The minimum absolute atomic E-state index is 0.228. The van der Waals surface area contributed by atoms with Crippen molar-refractivity contribution in [3.8, 4) is 11.3 Å². The molecule has 0 atom stereocenters.